The summed E-state index contributed by atoms with van der Waals surface area (Å²) < 4.78 is 3.13. The van der Waals surface area contributed by atoms with Crippen molar-refractivity contribution >= 4 is 21.6 Å². The first-order chi connectivity index (χ1) is 9.27. The van der Waals surface area contributed by atoms with Crippen LogP contribution in [0.1, 0.15) is 37.5 Å². The van der Waals surface area contributed by atoms with Crippen LogP contribution in [0.25, 0.3) is 0 Å². The zero-order chi connectivity index (χ0) is 14.9. The first-order valence-corrected chi connectivity index (χ1v) is 7.61. The van der Waals surface area contributed by atoms with Crippen LogP contribution in [0.15, 0.2) is 29.0 Å². The SMILES string of the molecule is Cc1cc(Br)cc(C)c1NCc1cnn(C(C)(C)C)c1. The molecule has 0 atom stereocenters. The summed E-state index contributed by atoms with van der Waals surface area (Å²) >= 11 is 3.53. The van der Waals surface area contributed by atoms with Crippen molar-refractivity contribution in [2.24, 2.45) is 0 Å². The first kappa shape index (κ1) is 15.1. The lowest BCUT2D eigenvalue weighted by molar-refractivity contribution is 0.355. The van der Waals surface area contributed by atoms with Crippen molar-refractivity contribution in [2.45, 2.75) is 46.7 Å². The van der Waals surface area contributed by atoms with Gasteiger partial charge in [-0.3, -0.25) is 4.68 Å². The molecule has 3 nitrogen and oxygen atoms in total. The Bertz CT molecular complexity index is 585. The molecule has 1 N–H and O–H groups in total. The summed E-state index contributed by atoms with van der Waals surface area (Å²) in [6.07, 6.45) is 4.04. The summed E-state index contributed by atoms with van der Waals surface area (Å²) in [5.41, 5.74) is 4.93. The highest BCUT2D eigenvalue weighted by Crippen LogP contribution is 2.25. The topological polar surface area (TPSA) is 29.9 Å². The lowest BCUT2D eigenvalue weighted by Crippen LogP contribution is -2.22. The molecule has 0 fully saturated rings. The van der Waals surface area contributed by atoms with Crippen molar-refractivity contribution in [3.05, 3.63) is 45.7 Å². The predicted molar refractivity (Wildman–Crippen MR) is 88.2 cm³/mol. The molecule has 2 aromatic rings. The summed E-state index contributed by atoms with van der Waals surface area (Å²) in [6.45, 7) is 11.5. The molecule has 1 aromatic carbocycles. The summed E-state index contributed by atoms with van der Waals surface area (Å²) in [5, 5.41) is 7.94. The van der Waals surface area contributed by atoms with Crippen LogP contribution >= 0.6 is 15.9 Å². The Kier molecular flexibility index (Phi) is 4.23. The fourth-order valence-electron chi connectivity index (χ4n) is 2.20. The first-order valence-electron chi connectivity index (χ1n) is 6.82. The standard InChI is InChI=1S/C16H22BrN3/c1-11-6-14(17)7-12(2)15(11)18-8-13-9-19-20(10-13)16(3,4)5/h6-7,9-10,18H,8H2,1-5H3. The molecule has 0 spiro atoms. The van der Waals surface area contributed by atoms with Crippen LogP contribution in [0.2, 0.25) is 0 Å². The monoisotopic (exact) mass is 335 g/mol. The fourth-order valence-corrected chi connectivity index (χ4v) is 2.88. The van der Waals surface area contributed by atoms with Crippen LogP contribution in [0, 0.1) is 13.8 Å². The Balaban J connectivity index is 2.12. The number of nitrogens with zero attached hydrogens (tertiary/aromatic N) is 2. The van der Waals surface area contributed by atoms with Gasteiger partial charge in [0.25, 0.3) is 0 Å². The molecule has 1 aromatic heterocycles. The normalized spacial score (nSPS) is 11.7. The fraction of sp³-hybridized carbons (Fsp3) is 0.438. The lowest BCUT2D eigenvalue weighted by Gasteiger charge is -2.18. The van der Waals surface area contributed by atoms with Crippen molar-refractivity contribution in [1.29, 1.82) is 0 Å². The van der Waals surface area contributed by atoms with Gasteiger partial charge in [0.2, 0.25) is 0 Å². The minimum atomic E-state index is 0.0295. The van der Waals surface area contributed by atoms with Gasteiger partial charge < -0.3 is 5.32 Å². The van der Waals surface area contributed by atoms with E-state index >= 15 is 0 Å². The number of anilines is 1. The van der Waals surface area contributed by atoms with E-state index in [1.54, 1.807) is 0 Å². The number of halogens is 1. The van der Waals surface area contributed by atoms with E-state index in [0.717, 1.165) is 11.0 Å². The van der Waals surface area contributed by atoms with E-state index in [0.29, 0.717) is 0 Å². The van der Waals surface area contributed by atoms with Crippen molar-refractivity contribution in [1.82, 2.24) is 9.78 Å². The van der Waals surface area contributed by atoms with E-state index in [2.05, 4.69) is 79.3 Å². The Morgan fingerprint density at radius 1 is 1.20 bits per heavy atom. The zero-order valence-corrected chi connectivity index (χ0v) is 14.4. The zero-order valence-electron chi connectivity index (χ0n) is 12.8. The second-order valence-electron chi connectivity index (χ2n) is 6.23. The second kappa shape index (κ2) is 5.60. The number of rotatable bonds is 3. The summed E-state index contributed by atoms with van der Waals surface area (Å²) in [7, 11) is 0. The van der Waals surface area contributed by atoms with Gasteiger partial charge in [0.05, 0.1) is 11.7 Å². The van der Waals surface area contributed by atoms with Crippen LogP contribution in [0.5, 0.6) is 0 Å². The van der Waals surface area contributed by atoms with Crippen LogP contribution in [-0.2, 0) is 12.1 Å². The van der Waals surface area contributed by atoms with Gasteiger partial charge >= 0.3 is 0 Å². The lowest BCUT2D eigenvalue weighted by atomic mass is 10.1. The minimum Gasteiger partial charge on any atom is -0.380 e. The Labute approximate surface area is 129 Å². The minimum absolute atomic E-state index is 0.0295. The second-order valence-corrected chi connectivity index (χ2v) is 7.15. The molecular formula is C16H22BrN3. The average molecular weight is 336 g/mol. The van der Waals surface area contributed by atoms with Crippen LogP contribution in [-0.4, -0.2) is 9.78 Å². The van der Waals surface area contributed by atoms with Gasteiger partial charge in [-0.15, -0.1) is 0 Å². The van der Waals surface area contributed by atoms with Crippen molar-refractivity contribution in [3.8, 4) is 0 Å². The Morgan fingerprint density at radius 2 is 1.80 bits per heavy atom. The van der Waals surface area contributed by atoms with Crippen LogP contribution < -0.4 is 5.32 Å². The molecule has 0 amide bonds. The van der Waals surface area contributed by atoms with E-state index in [1.165, 1.54) is 22.4 Å². The van der Waals surface area contributed by atoms with Gasteiger partial charge in [0, 0.05) is 28.5 Å². The number of aromatic nitrogens is 2. The number of nitrogens with one attached hydrogen (secondary N) is 1. The molecule has 0 saturated carbocycles. The van der Waals surface area contributed by atoms with Crippen molar-refractivity contribution < 1.29 is 0 Å². The smallest absolute Gasteiger partial charge is 0.0543 e. The van der Waals surface area contributed by atoms with Gasteiger partial charge in [-0.25, -0.2) is 0 Å². The molecule has 1 heterocycles. The number of hydrogen-bond acceptors (Lipinski definition) is 2. The highest BCUT2D eigenvalue weighted by Gasteiger charge is 2.14. The van der Waals surface area contributed by atoms with E-state index in [9.17, 15) is 0 Å². The van der Waals surface area contributed by atoms with E-state index in [-0.39, 0.29) is 5.54 Å². The molecule has 0 saturated heterocycles. The highest BCUT2D eigenvalue weighted by atomic mass is 79.9. The third kappa shape index (κ3) is 3.42. The molecule has 0 unspecified atom stereocenters. The van der Waals surface area contributed by atoms with Gasteiger partial charge in [-0.2, -0.15) is 5.10 Å². The van der Waals surface area contributed by atoms with Gasteiger partial charge in [0.1, 0.15) is 0 Å². The number of benzene rings is 1. The molecule has 0 bridgehead atoms. The predicted octanol–water partition coefficient (Wildman–Crippen LogP) is 4.63. The number of hydrogen-bond donors (Lipinski definition) is 1. The molecule has 0 radical (unpaired) electrons. The Hall–Kier alpha value is -1.29. The maximum atomic E-state index is 4.43. The third-order valence-corrected chi connectivity index (χ3v) is 3.75. The molecule has 108 valence electrons. The van der Waals surface area contributed by atoms with Gasteiger partial charge in [0.15, 0.2) is 0 Å². The molecular weight excluding hydrogens is 314 g/mol. The van der Waals surface area contributed by atoms with Gasteiger partial charge in [-0.1, -0.05) is 15.9 Å². The van der Waals surface area contributed by atoms with Crippen LogP contribution in [0.3, 0.4) is 0 Å². The maximum Gasteiger partial charge on any atom is 0.0543 e. The summed E-state index contributed by atoms with van der Waals surface area (Å²) in [4.78, 5) is 0. The molecule has 2 rings (SSSR count). The molecule has 4 heteroatoms. The molecule has 0 aliphatic carbocycles. The molecule has 0 aliphatic heterocycles. The molecule has 0 aliphatic rings. The molecule has 20 heavy (non-hydrogen) atoms. The third-order valence-electron chi connectivity index (χ3n) is 3.29. The van der Waals surface area contributed by atoms with E-state index < -0.39 is 0 Å². The Morgan fingerprint density at radius 3 is 2.30 bits per heavy atom. The van der Waals surface area contributed by atoms with E-state index in [1.807, 2.05) is 10.9 Å². The number of aryl methyl sites for hydroxylation is 2. The highest BCUT2D eigenvalue weighted by molar-refractivity contribution is 9.10. The summed E-state index contributed by atoms with van der Waals surface area (Å²) in [5.74, 6) is 0. The average Bonchev–Trinajstić information content (AvgIpc) is 2.75. The summed E-state index contributed by atoms with van der Waals surface area (Å²) in [6, 6.07) is 4.27. The largest absolute Gasteiger partial charge is 0.380 e. The maximum absolute atomic E-state index is 4.43. The van der Waals surface area contributed by atoms with Crippen molar-refractivity contribution in [2.75, 3.05) is 5.32 Å². The van der Waals surface area contributed by atoms with Crippen molar-refractivity contribution in [3.63, 3.8) is 0 Å². The van der Waals surface area contributed by atoms with E-state index in [4.69, 9.17) is 0 Å². The van der Waals surface area contributed by atoms with Crippen LogP contribution in [0.4, 0.5) is 5.69 Å². The quantitative estimate of drug-likeness (QED) is 0.886. The van der Waals surface area contributed by atoms with Gasteiger partial charge in [-0.05, 0) is 57.9 Å².